The SMILES string of the molecule is CCCC(=O)Nc1ccc(Cl)c(NC(=S)NC(=O)c2ccc(N3CCOCC3)c([N+](=O)[O-])c2)c1. The van der Waals surface area contributed by atoms with E-state index in [-0.39, 0.29) is 22.3 Å². The van der Waals surface area contributed by atoms with E-state index in [1.165, 1.54) is 12.1 Å². The molecule has 12 heteroatoms. The zero-order valence-corrected chi connectivity index (χ0v) is 20.0. The van der Waals surface area contributed by atoms with Crippen molar-refractivity contribution in [2.24, 2.45) is 0 Å². The fourth-order valence-electron chi connectivity index (χ4n) is 3.36. The first-order chi connectivity index (χ1) is 16.3. The Morgan fingerprint density at radius 1 is 1.18 bits per heavy atom. The normalized spacial score (nSPS) is 13.2. The number of hydrogen-bond donors (Lipinski definition) is 3. The van der Waals surface area contributed by atoms with E-state index >= 15 is 0 Å². The lowest BCUT2D eigenvalue weighted by molar-refractivity contribution is -0.384. The molecule has 0 aliphatic carbocycles. The number of halogens is 1. The molecule has 2 amide bonds. The summed E-state index contributed by atoms with van der Waals surface area (Å²) in [4.78, 5) is 37.5. The highest BCUT2D eigenvalue weighted by atomic mass is 35.5. The van der Waals surface area contributed by atoms with Crippen molar-refractivity contribution < 1.29 is 19.2 Å². The third-order valence-electron chi connectivity index (χ3n) is 4.99. The van der Waals surface area contributed by atoms with E-state index in [0.29, 0.717) is 61.2 Å². The lowest BCUT2D eigenvalue weighted by Gasteiger charge is -2.28. The van der Waals surface area contributed by atoms with Crippen LogP contribution in [0.2, 0.25) is 5.02 Å². The minimum Gasteiger partial charge on any atom is -0.378 e. The summed E-state index contributed by atoms with van der Waals surface area (Å²) in [6, 6.07) is 9.11. The second-order valence-electron chi connectivity index (χ2n) is 7.46. The molecule has 0 atom stereocenters. The van der Waals surface area contributed by atoms with Crippen LogP contribution in [0.25, 0.3) is 0 Å². The molecule has 0 unspecified atom stereocenters. The van der Waals surface area contributed by atoms with Crippen LogP contribution in [0.5, 0.6) is 0 Å². The van der Waals surface area contributed by atoms with E-state index in [1.807, 2.05) is 11.8 Å². The molecule has 1 heterocycles. The first kappa shape index (κ1) is 25.3. The van der Waals surface area contributed by atoms with E-state index < -0.39 is 10.8 Å². The van der Waals surface area contributed by atoms with Gasteiger partial charge in [-0.25, -0.2) is 0 Å². The Bertz CT molecular complexity index is 1110. The third kappa shape index (κ3) is 6.62. The summed E-state index contributed by atoms with van der Waals surface area (Å²) >= 11 is 11.4. The number of morpholine rings is 1. The number of nitrogens with zero attached hydrogens (tertiary/aromatic N) is 2. The number of carbonyl (C=O) groups excluding carboxylic acids is 2. The predicted octanol–water partition coefficient (Wildman–Crippen LogP) is 3.95. The Morgan fingerprint density at radius 2 is 1.91 bits per heavy atom. The Balaban J connectivity index is 1.70. The number of rotatable bonds is 7. The molecular weight excluding hydrogens is 482 g/mol. The van der Waals surface area contributed by atoms with Gasteiger partial charge in [-0.3, -0.25) is 25.0 Å². The molecule has 1 saturated heterocycles. The molecule has 1 aliphatic rings. The largest absolute Gasteiger partial charge is 0.378 e. The van der Waals surface area contributed by atoms with Crippen LogP contribution < -0.4 is 20.9 Å². The standard InChI is InChI=1S/C22H24ClN5O5S/c1-2-3-20(29)24-15-5-6-16(23)17(13-15)25-22(34)26-21(30)14-4-7-18(19(12-14)28(31)32)27-8-10-33-11-9-27/h4-7,12-13H,2-3,8-11H2,1H3,(H,24,29)(H2,25,26,30,34). The number of ether oxygens (including phenoxy) is 1. The monoisotopic (exact) mass is 505 g/mol. The van der Waals surface area contributed by atoms with Gasteiger partial charge in [-0.05, 0) is 49.0 Å². The Labute approximate surface area is 206 Å². The summed E-state index contributed by atoms with van der Waals surface area (Å²) in [6.07, 6.45) is 1.10. The van der Waals surface area contributed by atoms with Gasteiger partial charge >= 0.3 is 0 Å². The van der Waals surface area contributed by atoms with Gasteiger partial charge in [-0.1, -0.05) is 18.5 Å². The van der Waals surface area contributed by atoms with Crippen molar-refractivity contribution in [3.63, 3.8) is 0 Å². The molecule has 0 spiro atoms. The molecule has 0 radical (unpaired) electrons. The number of amides is 2. The Kier molecular flexibility index (Phi) is 8.74. The number of hydrogen-bond acceptors (Lipinski definition) is 7. The number of nitro groups is 1. The number of anilines is 3. The van der Waals surface area contributed by atoms with Crippen LogP contribution in [0.3, 0.4) is 0 Å². The average Bonchev–Trinajstić information content (AvgIpc) is 2.81. The highest BCUT2D eigenvalue weighted by molar-refractivity contribution is 7.80. The van der Waals surface area contributed by atoms with Crippen LogP contribution in [-0.2, 0) is 9.53 Å². The van der Waals surface area contributed by atoms with Crippen LogP contribution in [0.15, 0.2) is 36.4 Å². The molecule has 1 aliphatic heterocycles. The molecular formula is C22H24ClN5O5S. The maximum absolute atomic E-state index is 12.7. The predicted molar refractivity (Wildman–Crippen MR) is 135 cm³/mol. The summed E-state index contributed by atoms with van der Waals surface area (Å²) < 4.78 is 5.29. The van der Waals surface area contributed by atoms with Crippen LogP contribution in [0.1, 0.15) is 30.1 Å². The Hall–Kier alpha value is -3.28. The van der Waals surface area contributed by atoms with Gasteiger partial charge in [0.1, 0.15) is 5.69 Å². The van der Waals surface area contributed by atoms with Crippen molar-refractivity contribution >= 4 is 63.5 Å². The minimum absolute atomic E-state index is 0.0520. The molecule has 3 N–H and O–H groups in total. The van der Waals surface area contributed by atoms with Crippen molar-refractivity contribution in [1.82, 2.24) is 5.32 Å². The molecule has 2 aromatic carbocycles. The van der Waals surface area contributed by atoms with Crippen molar-refractivity contribution in [3.8, 4) is 0 Å². The van der Waals surface area contributed by atoms with Gasteiger partial charge < -0.3 is 20.3 Å². The van der Waals surface area contributed by atoms with Crippen LogP contribution in [-0.4, -0.2) is 48.2 Å². The van der Waals surface area contributed by atoms with Gasteiger partial charge in [0.25, 0.3) is 11.6 Å². The zero-order chi connectivity index (χ0) is 24.7. The molecule has 10 nitrogen and oxygen atoms in total. The molecule has 34 heavy (non-hydrogen) atoms. The zero-order valence-electron chi connectivity index (χ0n) is 18.4. The fraction of sp³-hybridized carbons (Fsp3) is 0.318. The van der Waals surface area contributed by atoms with Gasteiger partial charge in [0, 0.05) is 36.8 Å². The Morgan fingerprint density at radius 3 is 2.59 bits per heavy atom. The van der Waals surface area contributed by atoms with E-state index in [1.54, 1.807) is 24.3 Å². The first-order valence-corrected chi connectivity index (χ1v) is 11.4. The molecule has 1 fully saturated rings. The number of carbonyl (C=O) groups is 2. The van der Waals surface area contributed by atoms with Gasteiger partial charge in [0.2, 0.25) is 5.91 Å². The number of nitro benzene ring substituents is 1. The van der Waals surface area contributed by atoms with Crippen molar-refractivity contribution in [2.75, 3.05) is 41.8 Å². The second kappa shape index (κ2) is 11.7. The molecule has 3 rings (SSSR count). The summed E-state index contributed by atoms with van der Waals surface area (Å²) in [6.45, 7) is 3.91. The van der Waals surface area contributed by atoms with Crippen molar-refractivity contribution in [1.29, 1.82) is 0 Å². The lowest BCUT2D eigenvalue weighted by Crippen LogP contribution is -2.37. The van der Waals surface area contributed by atoms with E-state index in [2.05, 4.69) is 16.0 Å². The third-order valence-corrected chi connectivity index (χ3v) is 5.52. The number of thiocarbonyl (C=S) groups is 1. The summed E-state index contributed by atoms with van der Waals surface area (Å²) in [5, 5.41) is 20.0. The van der Waals surface area contributed by atoms with Gasteiger partial charge in [-0.15, -0.1) is 0 Å². The van der Waals surface area contributed by atoms with Crippen LogP contribution in [0, 0.1) is 10.1 Å². The summed E-state index contributed by atoms with van der Waals surface area (Å²) in [5.74, 6) is -0.744. The highest BCUT2D eigenvalue weighted by Crippen LogP contribution is 2.30. The first-order valence-electron chi connectivity index (χ1n) is 10.6. The lowest BCUT2D eigenvalue weighted by atomic mass is 10.1. The van der Waals surface area contributed by atoms with Crippen molar-refractivity contribution in [2.45, 2.75) is 19.8 Å². The van der Waals surface area contributed by atoms with E-state index in [4.69, 9.17) is 28.6 Å². The molecule has 0 bridgehead atoms. The molecule has 0 saturated carbocycles. The highest BCUT2D eigenvalue weighted by Gasteiger charge is 2.23. The van der Waals surface area contributed by atoms with Gasteiger partial charge in [-0.2, -0.15) is 0 Å². The molecule has 180 valence electrons. The number of nitrogens with one attached hydrogen (secondary N) is 3. The minimum atomic E-state index is -0.613. The quantitative estimate of drug-likeness (QED) is 0.293. The average molecular weight is 506 g/mol. The van der Waals surface area contributed by atoms with Crippen LogP contribution in [0.4, 0.5) is 22.7 Å². The van der Waals surface area contributed by atoms with Crippen LogP contribution >= 0.6 is 23.8 Å². The van der Waals surface area contributed by atoms with Gasteiger partial charge in [0.15, 0.2) is 5.11 Å². The number of benzene rings is 2. The second-order valence-corrected chi connectivity index (χ2v) is 8.28. The fourth-order valence-corrected chi connectivity index (χ4v) is 3.73. The summed E-state index contributed by atoms with van der Waals surface area (Å²) in [7, 11) is 0. The van der Waals surface area contributed by atoms with Gasteiger partial charge in [0.05, 0.1) is 28.8 Å². The maximum atomic E-state index is 12.7. The molecule has 0 aromatic heterocycles. The maximum Gasteiger partial charge on any atom is 0.293 e. The molecule has 2 aromatic rings. The van der Waals surface area contributed by atoms with E-state index in [9.17, 15) is 19.7 Å². The van der Waals surface area contributed by atoms with Crippen molar-refractivity contribution in [3.05, 3.63) is 57.1 Å². The smallest absolute Gasteiger partial charge is 0.293 e. The summed E-state index contributed by atoms with van der Waals surface area (Å²) in [5.41, 5.74) is 1.24. The topological polar surface area (TPSA) is 126 Å². The van der Waals surface area contributed by atoms with E-state index in [0.717, 1.165) is 0 Å².